The first-order valence-electron chi connectivity index (χ1n) is 6.57. The number of hydrogen-bond acceptors (Lipinski definition) is 2. The lowest BCUT2D eigenvalue weighted by Crippen LogP contribution is -2.34. The van der Waals surface area contributed by atoms with Crippen molar-refractivity contribution in [3.8, 4) is 0 Å². The van der Waals surface area contributed by atoms with E-state index in [2.05, 4.69) is 26.1 Å². The molecule has 0 bridgehead atoms. The lowest BCUT2D eigenvalue weighted by atomic mass is 10.1. The van der Waals surface area contributed by atoms with Gasteiger partial charge in [0.2, 0.25) is 0 Å². The molecule has 0 aliphatic rings. The molecule has 0 spiro atoms. The molecule has 0 radical (unpaired) electrons. The number of hydrogen-bond donors (Lipinski definition) is 2. The third-order valence-corrected chi connectivity index (χ3v) is 2.85. The molecule has 2 atom stereocenters. The van der Waals surface area contributed by atoms with Crippen molar-refractivity contribution >= 4 is 0 Å². The molecule has 2 unspecified atom stereocenters. The Labute approximate surface area is 95.5 Å². The molecule has 0 fully saturated rings. The molecule has 0 aliphatic heterocycles. The van der Waals surface area contributed by atoms with Crippen molar-refractivity contribution in [2.75, 3.05) is 6.61 Å². The maximum Gasteiger partial charge on any atom is 0.0431 e. The van der Waals surface area contributed by atoms with E-state index in [0.29, 0.717) is 18.7 Å². The van der Waals surface area contributed by atoms with Gasteiger partial charge in [-0.25, -0.2) is 0 Å². The molecule has 0 amide bonds. The summed E-state index contributed by atoms with van der Waals surface area (Å²) in [5.74, 6) is 0. The summed E-state index contributed by atoms with van der Waals surface area (Å²) in [6.07, 6.45) is 8.67. The van der Waals surface area contributed by atoms with Crippen molar-refractivity contribution in [2.24, 2.45) is 0 Å². The molecular weight excluding hydrogens is 186 g/mol. The fraction of sp³-hybridized carbons (Fsp3) is 1.00. The minimum Gasteiger partial charge on any atom is -0.396 e. The molecule has 0 aromatic carbocycles. The average molecular weight is 215 g/mol. The average Bonchev–Trinajstić information content (AvgIpc) is 2.21. The molecule has 0 heterocycles. The summed E-state index contributed by atoms with van der Waals surface area (Å²) in [6, 6.07) is 1.16. The van der Waals surface area contributed by atoms with Crippen LogP contribution in [0.5, 0.6) is 0 Å². The first kappa shape index (κ1) is 14.9. The Morgan fingerprint density at radius 1 is 0.933 bits per heavy atom. The van der Waals surface area contributed by atoms with E-state index in [1.165, 1.54) is 32.1 Å². The predicted octanol–water partition coefficient (Wildman–Crippen LogP) is 3.10. The molecule has 0 aliphatic carbocycles. The van der Waals surface area contributed by atoms with Crippen LogP contribution in [0.25, 0.3) is 0 Å². The van der Waals surface area contributed by atoms with E-state index in [0.717, 1.165) is 12.8 Å². The molecule has 2 heteroatoms. The smallest absolute Gasteiger partial charge is 0.0431 e. The van der Waals surface area contributed by atoms with Crippen molar-refractivity contribution in [2.45, 2.75) is 77.8 Å². The third-order valence-electron chi connectivity index (χ3n) is 2.85. The summed E-state index contributed by atoms with van der Waals surface area (Å²) in [4.78, 5) is 0. The van der Waals surface area contributed by atoms with Crippen LogP contribution in [0.4, 0.5) is 0 Å². The van der Waals surface area contributed by atoms with Crippen molar-refractivity contribution in [3.63, 3.8) is 0 Å². The van der Waals surface area contributed by atoms with Gasteiger partial charge in [0, 0.05) is 18.7 Å². The Bertz CT molecular complexity index is 128. The summed E-state index contributed by atoms with van der Waals surface area (Å²) in [6.45, 7) is 7.04. The van der Waals surface area contributed by atoms with Gasteiger partial charge in [0.15, 0.2) is 0 Å². The maximum atomic E-state index is 8.72. The normalized spacial score (nSPS) is 15.2. The number of rotatable bonds is 10. The second-order valence-electron chi connectivity index (χ2n) is 4.68. The molecular formula is C13H29NO. The van der Waals surface area contributed by atoms with E-state index < -0.39 is 0 Å². The van der Waals surface area contributed by atoms with Crippen LogP contribution in [-0.2, 0) is 0 Å². The van der Waals surface area contributed by atoms with E-state index in [-0.39, 0.29) is 0 Å². The van der Waals surface area contributed by atoms with E-state index in [1.807, 2.05) is 0 Å². The Hall–Kier alpha value is -0.0800. The first-order valence-corrected chi connectivity index (χ1v) is 6.57. The molecule has 0 rings (SSSR count). The molecule has 15 heavy (non-hydrogen) atoms. The minimum absolute atomic E-state index is 0.316. The Balaban J connectivity index is 3.33. The molecule has 0 saturated carbocycles. The zero-order chi connectivity index (χ0) is 11.5. The highest BCUT2D eigenvalue weighted by Gasteiger charge is 2.06. The second-order valence-corrected chi connectivity index (χ2v) is 4.68. The highest BCUT2D eigenvalue weighted by molar-refractivity contribution is 4.67. The van der Waals surface area contributed by atoms with Crippen LogP contribution in [-0.4, -0.2) is 23.8 Å². The van der Waals surface area contributed by atoms with Crippen molar-refractivity contribution in [1.82, 2.24) is 5.32 Å². The SMILES string of the molecule is CCCCCCC(C)NC(C)CCCO. The molecule has 92 valence electrons. The highest BCUT2D eigenvalue weighted by atomic mass is 16.2. The monoisotopic (exact) mass is 215 g/mol. The van der Waals surface area contributed by atoms with Gasteiger partial charge in [-0.15, -0.1) is 0 Å². The summed E-state index contributed by atoms with van der Waals surface area (Å²) in [5.41, 5.74) is 0. The number of aliphatic hydroxyl groups excluding tert-OH is 1. The van der Waals surface area contributed by atoms with Gasteiger partial charge in [-0.2, -0.15) is 0 Å². The molecule has 2 N–H and O–H groups in total. The summed E-state index contributed by atoms with van der Waals surface area (Å²) in [7, 11) is 0. The second kappa shape index (κ2) is 10.4. The quantitative estimate of drug-likeness (QED) is 0.549. The molecule has 2 nitrogen and oxygen atoms in total. The zero-order valence-electron chi connectivity index (χ0n) is 10.8. The van der Waals surface area contributed by atoms with E-state index in [1.54, 1.807) is 0 Å². The van der Waals surface area contributed by atoms with Crippen molar-refractivity contribution < 1.29 is 5.11 Å². The van der Waals surface area contributed by atoms with Crippen LogP contribution < -0.4 is 5.32 Å². The maximum absolute atomic E-state index is 8.72. The van der Waals surface area contributed by atoms with Crippen molar-refractivity contribution in [1.29, 1.82) is 0 Å². The highest BCUT2D eigenvalue weighted by Crippen LogP contribution is 2.06. The minimum atomic E-state index is 0.316. The number of aliphatic hydroxyl groups is 1. The van der Waals surface area contributed by atoms with E-state index in [4.69, 9.17) is 5.11 Å². The Kier molecular flexibility index (Phi) is 10.4. The van der Waals surface area contributed by atoms with Gasteiger partial charge in [0.05, 0.1) is 0 Å². The largest absolute Gasteiger partial charge is 0.396 e. The van der Waals surface area contributed by atoms with E-state index >= 15 is 0 Å². The van der Waals surface area contributed by atoms with Gasteiger partial charge in [-0.05, 0) is 33.1 Å². The Morgan fingerprint density at radius 2 is 1.53 bits per heavy atom. The Morgan fingerprint density at radius 3 is 2.07 bits per heavy atom. The van der Waals surface area contributed by atoms with Gasteiger partial charge < -0.3 is 10.4 Å². The van der Waals surface area contributed by atoms with Crippen LogP contribution >= 0.6 is 0 Å². The van der Waals surface area contributed by atoms with Gasteiger partial charge in [0.1, 0.15) is 0 Å². The first-order chi connectivity index (χ1) is 7.20. The van der Waals surface area contributed by atoms with Crippen LogP contribution in [0.2, 0.25) is 0 Å². The van der Waals surface area contributed by atoms with Crippen LogP contribution in [0.1, 0.15) is 65.7 Å². The molecule has 0 aromatic rings. The third kappa shape index (κ3) is 10.2. The molecule has 0 saturated heterocycles. The van der Waals surface area contributed by atoms with Crippen molar-refractivity contribution in [3.05, 3.63) is 0 Å². The topological polar surface area (TPSA) is 32.3 Å². The summed E-state index contributed by atoms with van der Waals surface area (Å²) < 4.78 is 0. The summed E-state index contributed by atoms with van der Waals surface area (Å²) in [5, 5.41) is 12.3. The lowest BCUT2D eigenvalue weighted by Gasteiger charge is -2.19. The molecule has 0 aromatic heterocycles. The van der Waals surface area contributed by atoms with Gasteiger partial charge in [0.25, 0.3) is 0 Å². The summed E-state index contributed by atoms with van der Waals surface area (Å²) >= 11 is 0. The van der Waals surface area contributed by atoms with Crippen LogP contribution in [0, 0.1) is 0 Å². The van der Waals surface area contributed by atoms with Gasteiger partial charge in [-0.3, -0.25) is 0 Å². The van der Waals surface area contributed by atoms with Crippen LogP contribution in [0.15, 0.2) is 0 Å². The van der Waals surface area contributed by atoms with Crippen LogP contribution in [0.3, 0.4) is 0 Å². The van der Waals surface area contributed by atoms with Gasteiger partial charge >= 0.3 is 0 Å². The standard InChI is InChI=1S/C13H29NO/c1-4-5-6-7-9-12(2)14-13(3)10-8-11-15/h12-15H,4-11H2,1-3H3. The fourth-order valence-corrected chi connectivity index (χ4v) is 1.93. The predicted molar refractivity (Wildman–Crippen MR) is 67.1 cm³/mol. The number of nitrogens with one attached hydrogen (secondary N) is 1. The number of unbranched alkanes of at least 4 members (excludes halogenated alkanes) is 3. The zero-order valence-corrected chi connectivity index (χ0v) is 10.8. The fourth-order valence-electron chi connectivity index (χ4n) is 1.93. The van der Waals surface area contributed by atoms with Gasteiger partial charge in [-0.1, -0.05) is 32.6 Å². The van der Waals surface area contributed by atoms with E-state index in [9.17, 15) is 0 Å². The lowest BCUT2D eigenvalue weighted by molar-refractivity contribution is 0.273.